The summed E-state index contributed by atoms with van der Waals surface area (Å²) in [6.45, 7) is 0.697. The Morgan fingerprint density at radius 1 is 0.980 bits per heavy atom. The summed E-state index contributed by atoms with van der Waals surface area (Å²) in [6.07, 6.45) is -3.98. The number of aromatic nitrogens is 2. The monoisotopic (exact) mass is 728 g/mol. The van der Waals surface area contributed by atoms with Gasteiger partial charge < -0.3 is 15.2 Å². The number of likely N-dealkylation sites (tertiary alicyclic amines) is 1. The fourth-order valence-corrected chi connectivity index (χ4v) is 7.34. The predicted molar refractivity (Wildman–Crippen MR) is 182 cm³/mol. The number of hydrogen-bond acceptors (Lipinski definition) is 6. The van der Waals surface area contributed by atoms with Crippen molar-refractivity contribution in [1.29, 1.82) is 0 Å². The number of aliphatic carboxylic acids is 1. The average molecular weight is 729 g/mol. The zero-order chi connectivity index (χ0) is 36.3. The molecule has 1 aromatic heterocycles. The van der Waals surface area contributed by atoms with Crippen molar-refractivity contribution >= 4 is 17.6 Å². The molecule has 0 bridgehead atoms. The smallest absolute Gasteiger partial charge is 0.416 e. The van der Waals surface area contributed by atoms with E-state index in [0.29, 0.717) is 43.1 Å². The maximum Gasteiger partial charge on any atom is 0.416 e. The lowest BCUT2D eigenvalue weighted by Gasteiger charge is -2.39. The highest BCUT2D eigenvalue weighted by molar-refractivity contribution is 6.30. The lowest BCUT2D eigenvalue weighted by molar-refractivity contribution is -0.138. The fraction of sp³-hybridized carbons (Fsp3) is 0.378. The number of benzene rings is 3. The second-order valence-electron chi connectivity index (χ2n) is 13.0. The standard InChI is InChI=1S/C37H37ClF4N4O5/c38-26-10-4-7-24(19-26)20-44-17-14-36(15-18-44)33-31(23-51-36)45(21-27-28(37(40,41)42)11-5-12-29(27)39)35(50)46(34(33)49)22-30(25-8-2-1-3-9-25)43-16-6-13-32(47)48/h1-5,7-12,19,30,43H,6,13-18,20-23H2,(H,47,48). The van der Waals surface area contributed by atoms with E-state index in [9.17, 15) is 27.6 Å². The lowest BCUT2D eigenvalue weighted by Crippen LogP contribution is -2.50. The highest BCUT2D eigenvalue weighted by Gasteiger charge is 2.47. The van der Waals surface area contributed by atoms with Crippen LogP contribution in [0.5, 0.6) is 0 Å². The number of carboxylic acids is 1. The minimum Gasteiger partial charge on any atom is -0.481 e. The molecule has 2 N–H and O–H groups in total. The highest BCUT2D eigenvalue weighted by Crippen LogP contribution is 2.43. The van der Waals surface area contributed by atoms with Crippen molar-refractivity contribution in [2.75, 3.05) is 19.6 Å². The molecule has 3 heterocycles. The molecule has 3 aromatic carbocycles. The molecule has 0 amide bonds. The van der Waals surface area contributed by atoms with Crippen LogP contribution in [0, 0.1) is 5.82 Å². The number of halogens is 5. The molecule has 51 heavy (non-hydrogen) atoms. The van der Waals surface area contributed by atoms with Gasteiger partial charge in [0.05, 0.1) is 42.6 Å². The van der Waals surface area contributed by atoms with Crippen LogP contribution in [-0.2, 0) is 47.5 Å². The van der Waals surface area contributed by atoms with Crippen LogP contribution in [0.15, 0.2) is 82.4 Å². The molecule has 1 spiro atoms. The molecule has 0 radical (unpaired) electrons. The van der Waals surface area contributed by atoms with Crippen LogP contribution in [0.3, 0.4) is 0 Å². The number of piperidine rings is 1. The van der Waals surface area contributed by atoms with Crippen LogP contribution >= 0.6 is 11.6 Å². The zero-order valence-electron chi connectivity index (χ0n) is 27.6. The third kappa shape index (κ3) is 7.96. The Balaban J connectivity index is 1.42. The first-order valence-corrected chi connectivity index (χ1v) is 17.1. The van der Waals surface area contributed by atoms with Crippen molar-refractivity contribution in [3.05, 3.63) is 138 Å². The topological polar surface area (TPSA) is 106 Å². The number of hydrogen-bond donors (Lipinski definition) is 2. The summed E-state index contributed by atoms with van der Waals surface area (Å²) >= 11 is 6.19. The normalized spacial score (nSPS) is 16.3. The number of carbonyl (C=O) groups is 1. The molecule has 2 aliphatic rings. The maximum absolute atomic E-state index is 15.2. The summed E-state index contributed by atoms with van der Waals surface area (Å²) in [5.74, 6) is -2.10. The maximum atomic E-state index is 15.2. The summed E-state index contributed by atoms with van der Waals surface area (Å²) in [6, 6.07) is 18.4. The van der Waals surface area contributed by atoms with Gasteiger partial charge in [-0.15, -0.1) is 0 Å². The van der Waals surface area contributed by atoms with Crippen LogP contribution in [0.4, 0.5) is 17.6 Å². The van der Waals surface area contributed by atoms with Crippen molar-refractivity contribution in [2.24, 2.45) is 0 Å². The highest BCUT2D eigenvalue weighted by atomic mass is 35.5. The van der Waals surface area contributed by atoms with E-state index in [1.165, 1.54) is 0 Å². The molecular weight excluding hydrogens is 692 g/mol. The van der Waals surface area contributed by atoms with Gasteiger partial charge in [-0.25, -0.2) is 9.18 Å². The quantitative estimate of drug-likeness (QED) is 0.135. The van der Waals surface area contributed by atoms with Gasteiger partial charge in [-0.05, 0) is 61.2 Å². The fourth-order valence-electron chi connectivity index (χ4n) is 7.13. The first-order chi connectivity index (χ1) is 24.4. The van der Waals surface area contributed by atoms with Gasteiger partial charge in [0.2, 0.25) is 0 Å². The van der Waals surface area contributed by atoms with Crippen LogP contribution < -0.4 is 16.6 Å². The molecular formula is C37H37ClF4N4O5. The molecule has 0 saturated carbocycles. The van der Waals surface area contributed by atoms with Crippen LogP contribution in [0.2, 0.25) is 5.02 Å². The number of ether oxygens (including phenoxy) is 1. The second-order valence-corrected chi connectivity index (χ2v) is 13.4. The van der Waals surface area contributed by atoms with Gasteiger partial charge in [0.15, 0.2) is 0 Å². The van der Waals surface area contributed by atoms with Crippen molar-refractivity contribution < 1.29 is 32.2 Å². The lowest BCUT2D eigenvalue weighted by atomic mass is 9.85. The second kappa shape index (κ2) is 15.1. The Morgan fingerprint density at radius 3 is 2.39 bits per heavy atom. The van der Waals surface area contributed by atoms with Gasteiger partial charge in [-0.1, -0.05) is 60.1 Å². The summed E-state index contributed by atoms with van der Waals surface area (Å²) in [5, 5.41) is 13.0. The number of nitrogens with zero attached hydrogens (tertiary/aromatic N) is 3. The SMILES string of the molecule is O=C(O)CCCNC(Cn1c(=O)c2c(n(Cc3c(F)cccc3C(F)(F)F)c1=O)COC21CCN(Cc2cccc(Cl)c2)CC1)c1ccccc1. The molecule has 0 aliphatic carbocycles. The number of fused-ring (bicyclic) bond motifs is 2. The molecule has 1 fully saturated rings. The molecule has 4 aromatic rings. The van der Waals surface area contributed by atoms with E-state index in [4.69, 9.17) is 21.4 Å². The number of nitrogens with one attached hydrogen (secondary N) is 1. The Bertz CT molecular complexity index is 2010. The Labute approximate surface area is 296 Å². The summed E-state index contributed by atoms with van der Waals surface area (Å²) in [5.41, 5.74) is -2.54. The molecule has 1 atom stereocenters. The van der Waals surface area contributed by atoms with Crippen LogP contribution in [-0.4, -0.2) is 44.7 Å². The molecule has 2 aliphatic heterocycles. The molecule has 270 valence electrons. The van der Waals surface area contributed by atoms with Crippen molar-refractivity contribution in [2.45, 2.75) is 69.7 Å². The van der Waals surface area contributed by atoms with E-state index in [2.05, 4.69) is 10.2 Å². The molecule has 9 nitrogen and oxygen atoms in total. The van der Waals surface area contributed by atoms with Gasteiger partial charge in [-0.2, -0.15) is 13.2 Å². The largest absolute Gasteiger partial charge is 0.481 e. The number of alkyl halides is 3. The Hall–Kier alpha value is -4.30. The van der Waals surface area contributed by atoms with Crippen LogP contribution in [0.25, 0.3) is 0 Å². The molecule has 6 rings (SSSR count). The summed E-state index contributed by atoms with van der Waals surface area (Å²) < 4.78 is 65.9. The van der Waals surface area contributed by atoms with E-state index in [1.54, 1.807) is 36.4 Å². The van der Waals surface area contributed by atoms with Crippen LogP contribution in [0.1, 0.15) is 65.2 Å². The van der Waals surface area contributed by atoms with Gasteiger partial charge in [-0.3, -0.25) is 23.6 Å². The third-order valence-electron chi connectivity index (χ3n) is 9.70. The van der Waals surface area contributed by atoms with Crippen molar-refractivity contribution in [1.82, 2.24) is 19.4 Å². The van der Waals surface area contributed by atoms with E-state index in [-0.39, 0.29) is 43.8 Å². The van der Waals surface area contributed by atoms with Crippen molar-refractivity contribution in [3.63, 3.8) is 0 Å². The Morgan fingerprint density at radius 2 is 1.71 bits per heavy atom. The number of carboxylic acid groups (broad SMARTS) is 1. The average Bonchev–Trinajstić information content (AvgIpc) is 3.46. The van der Waals surface area contributed by atoms with E-state index in [1.807, 2.05) is 18.2 Å². The molecule has 1 saturated heterocycles. The summed E-state index contributed by atoms with van der Waals surface area (Å²) in [4.78, 5) is 42.2. The Kier molecular flexibility index (Phi) is 10.8. The predicted octanol–water partition coefficient (Wildman–Crippen LogP) is 6.09. The van der Waals surface area contributed by atoms with Gasteiger partial charge >= 0.3 is 17.8 Å². The first-order valence-electron chi connectivity index (χ1n) is 16.7. The van der Waals surface area contributed by atoms with Gasteiger partial charge in [0, 0.05) is 36.6 Å². The minimum absolute atomic E-state index is 0.0987. The van der Waals surface area contributed by atoms with E-state index < -0.39 is 58.5 Å². The minimum atomic E-state index is -4.90. The molecule has 14 heteroatoms. The van der Waals surface area contributed by atoms with E-state index >= 15 is 4.39 Å². The first kappa shape index (κ1) is 36.5. The third-order valence-corrected chi connectivity index (χ3v) is 9.94. The number of rotatable bonds is 12. The van der Waals surface area contributed by atoms with Crippen molar-refractivity contribution in [3.8, 4) is 0 Å². The zero-order valence-corrected chi connectivity index (χ0v) is 28.4. The summed E-state index contributed by atoms with van der Waals surface area (Å²) in [7, 11) is 0. The van der Waals surface area contributed by atoms with E-state index in [0.717, 1.165) is 32.9 Å². The van der Waals surface area contributed by atoms with Gasteiger partial charge in [0.25, 0.3) is 5.56 Å². The molecule has 1 unspecified atom stereocenters. The van der Waals surface area contributed by atoms with Gasteiger partial charge in [0.1, 0.15) is 11.4 Å².